The van der Waals surface area contributed by atoms with Crippen molar-refractivity contribution >= 4 is 11.0 Å². The van der Waals surface area contributed by atoms with E-state index in [0.29, 0.717) is 72.7 Å². The molecule has 0 radical (unpaired) electrons. The number of phenolic OH excluding ortho intramolecular Hbond substituents is 1. The number of benzene rings is 8. The summed E-state index contributed by atoms with van der Waals surface area (Å²) in [6.45, 7) is -4.40. The van der Waals surface area contributed by atoms with E-state index in [1.165, 1.54) is 24.3 Å². The molecule has 10 aromatic rings. The number of rotatable bonds is 10. The van der Waals surface area contributed by atoms with Crippen LogP contribution in [-0.4, -0.2) is 19.6 Å². The van der Waals surface area contributed by atoms with Crippen molar-refractivity contribution < 1.29 is 42.6 Å². The van der Waals surface area contributed by atoms with E-state index in [9.17, 15) is 5.11 Å². The second-order valence-corrected chi connectivity index (χ2v) is 18.2. The summed E-state index contributed by atoms with van der Waals surface area (Å²) < 4.78 is 103. The zero-order valence-electron chi connectivity index (χ0n) is 51.2. The van der Waals surface area contributed by atoms with Gasteiger partial charge in [0.15, 0.2) is 0 Å². The molecule has 0 aliphatic heterocycles. The fraction of sp³-hybridized carbons (Fsp3) is 0.169. The van der Waals surface area contributed by atoms with Crippen LogP contribution in [0.25, 0.3) is 95.0 Å². The van der Waals surface area contributed by atoms with Crippen LogP contribution in [-0.2, 0) is 26.5 Å². The predicted octanol–water partition coefficient (Wildman–Crippen LogP) is 17.4. The van der Waals surface area contributed by atoms with Crippen molar-refractivity contribution in [3.05, 3.63) is 217 Å². The zero-order chi connectivity index (χ0) is 58.0. The minimum absolute atomic E-state index is 0. The molecule has 70 heavy (non-hydrogen) atoms. The molecule has 8 aromatic carbocycles. The van der Waals surface area contributed by atoms with Gasteiger partial charge in [-0.3, -0.25) is 9.55 Å². The van der Waals surface area contributed by atoms with Crippen molar-refractivity contribution in [3.8, 4) is 89.7 Å². The van der Waals surface area contributed by atoms with Gasteiger partial charge in [0.05, 0.1) is 22.3 Å². The van der Waals surface area contributed by atoms with Gasteiger partial charge < -0.3 is 5.11 Å². The van der Waals surface area contributed by atoms with Gasteiger partial charge in [-0.25, -0.2) is 4.98 Å². The van der Waals surface area contributed by atoms with Crippen molar-refractivity contribution in [2.24, 2.45) is 0 Å². The molecule has 2 aromatic heterocycles. The van der Waals surface area contributed by atoms with Crippen LogP contribution in [0.2, 0.25) is 0 Å². The minimum Gasteiger partial charge on any atom is -0.507 e. The summed E-state index contributed by atoms with van der Waals surface area (Å²) in [5, 5.41) is 12.5. The van der Waals surface area contributed by atoms with Crippen LogP contribution < -0.4 is 0 Å². The van der Waals surface area contributed by atoms with Crippen molar-refractivity contribution in [3.63, 3.8) is 0 Å². The standard InChI is InChI=1S/C65H58N3O.Pt/c1-41(2)49-37-55(42(3)4)63(69)58(38-49)64-67-62-54(25-18-26-60(62)68(64)61-40-56(46-21-14-10-15-22-46)43(5)33-57(61)47-23-16-11-17-24-47)51-34-50(44-19-12-9-13-20-44)35-52(36-51)59-39-48(31-32-66-59)45-27-29-53(30-28-45)65(6,7)8;/h9-35,37-42,69H,1-8H3;/q-1;/i5D3,6D3,7D3,8D3;. The van der Waals surface area contributed by atoms with Gasteiger partial charge in [-0.05, 0) is 110 Å². The van der Waals surface area contributed by atoms with Gasteiger partial charge in [0.2, 0.25) is 0 Å². The predicted molar refractivity (Wildman–Crippen MR) is 289 cm³/mol. The molecule has 0 amide bonds. The Morgan fingerprint density at radius 2 is 1.20 bits per heavy atom. The van der Waals surface area contributed by atoms with E-state index in [2.05, 4.69) is 26.0 Å². The summed E-state index contributed by atoms with van der Waals surface area (Å²) in [7, 11) is 0. The Morgan fingerprint density at radius 1 is 0.557 bits per heavy atom. The van der Waals surface area contributed by atoms with Crippen molar-refractivity contribution in [1.82, 2.24) is 14.5 Å². The van der Waals surface area contributed by atoms with Gasteiger partial charge in [-0.15, -0.1) is 23.8 Å². The molecule has 0 aliphatic carbocycles. The Labute approximate surface area is 444 Å². The second kappa shape index (κ2) is 19.7. The maximum atomic E-state index is 12.5. The molecular formula is C65H58N3OPt-. The third kappa shape index (κ3) is 9.34. The molecule has 0 saturated carbocycles. The Morgan fingerprint density at radius 3 is 1.84 bits per heavy atom. The van der Waals surface area contributed by atoms with Crippen LogP contribution in [0.4, 0.5) is 0 Å². The Hall–Kier alpha value is -7.13. The van der Waals surface area contributed by atoms with E-state index in [0.717, 1.165) is 33.4 Å². The van der Waals surface area contributed by atoms with Gasteiger partial charge in [0, 0.05) is 55.0 Å². The molecule has 0 fully saturated rings. The quantitative estimate of drug-likeness (QED) is 0.139. The first-order chi connectivity index (χ1) is 38.3. The Bertz CT molecular complexity index is 3910. The van der Waals surface area contributed by atoms with Crippen LogP contribution in [0.5, 0.6) is 5.75 Å². The third-order valence-corrected chi connectivity index (χ3v) is 12.9. The number of hydrogen-bond acceptors (Lipinski definition) is 3. The first kappa shape index (κ1) is 35.0. The van der Waals surface area contributed by atoms with Crippen LogP contribution in [0.1, 0.15) is 98.8 Å². The number of pyridine rings is 1. The van der Waals surface area contributed by atoms with Crippen LogP contribution in [0, 0.1) is 12.9 Å². The second-order valence-electron chi connectivity index (χ2n) is 18.2. The number of aromatic nitrogens is 3. The Balaban J connectivity index is 0.00000810. The van der Waals surface area contributed by atoms with Crippen LogP contribution >= 0.6 is 0 Å². The van der Waals surface area contributed by atoms with Crippen molar-refractivity contribution in [2.45, 2.75) is 72.4 Å². The van der Waals surface area contributed by atoms with Crippen LogP contribution in [0.3, 0.4) is 0 Å². The number of aromatic hydroxyl groups is 1. The summed E-state index contributed by atoms with van der Waals surface area (Å²) in [4.78, 5) is 10.4. The zero-order valence-corrected chi connectivity index (χ0v) is 41.4. The number of para-hydroxylation sites is 1. The molecule has 5 heteroatoms. The molecule has 0 spiro atoms. The van der Waals surface area contributed by atoms with Gasteiger partial charge in [0.1, 0.15) is 11.6 Å². The summed E-state index contributed by atoms with van der Waals surface area (Å²) in [6, 6.07) is 59.6. The summed E-state index contributed by atoms with van der Waals surface area (Å²) in [5.41, 5.74) is 8.92. The molecule has 1 N–H and O–H groups in total. The van der Waals surface area contributed by atoms with Crippen LogP contribution in [0.15, 0.2) is 188 Å². The topological polar surface area (TPSA) is 50.9 Å². The van der Waals surface area contributed by atoms with E-state index < -0.39 is 32.8 Å². The van der Waals surface area contributed by atoms with Gasteiger partial charge in [0.25, 0.3) is 0 Å². The monoisotopic (exact) mass is 1100 g/mol. The number of hydrogen-bond donors (Lipinski definition) is 1. The van der Waals surface area contributed by atoms with E-state index in [1.54, 1.807) is 18.3 Å². The van der Waals surface area contributed by atoms with Gasteiger partial charge >= 0.3 is 0 Å². The third-order valence-electron chi connectivity index (χ3n) is 12.9. The largest absolute Gasteiger partial charge is 0.507 e. The average Bonchev–Trinajstić information content (AvgIpc) is 1.26. The SMILES string of the molecule is [2H]C([2H])([2H])c1cc(-c2ccccc2)c(-n2c(-c3cc(C(C)C)cc(C(C)C)c3O)nc3c(-c4[c-]c(-c5cc(-c6ccc(C(C([2H])([2H])[2H])(C([2H])([2H])[2H])C([2H])([2H])[2H])cc6)ccn5)cc(-c5ccccc5)c4)cccc32)cc1-c1ccccc1.[Pt]. The first-order valence-electron chi connectivity index (χ1n) is 29.2. The van der Waals surface area contributed by atoms with E-state index in [4.69, 9.17) is 26.4 Å². The normalized spacial score (nSPS) is 14.9. The molecule has 4 nitrogen and oxygen atoms in total. The maximum absolute atomic E-state index is 12.5. The molecule has 0 unspecified atom stereocenters. The molecule has 0 bridgehead atoms. The van der Waals surface area contributed by atoms with Gasteiger partial charge in [-0.2, -0.15) is 0 Å². The average molecular weight is 1100 g/mol. The van der Waals surface area contributed by atoms with Gasteiger partial charge in [-0.1, -0.05) is 204 Å². The number of aryl methyl sites for hydroxylation is 1. The van der Waals surface area contributed by atoms with E-state index >= 15 is 0 Å². The maximum Gasteiger partial charge on any atom is 0.148 e. The molecule has 0 aliphatic rings. The minimum atomic E-state index is -3.40. The molecular weight excluding hydrogens is 1030 g/mol. The fourth-order valence-electron chi connectivity index (χ4n) is 9.16. The first-order valence-corrected chi connectivity index (χ1v) is 23.2. The Kier molecular flexibility index (Phi) is 9.86. The van der Waals surface area contributed by atoms with Crippen molar-refractivity contribution in [2.75, 3.05) is 0 Å². The molecule has 0 saturated heterocycles. The molecule has 2 heterocycles. The number of imidazole rings is 1. The smallest absolute Gasteiger partial charge is 0.148 e. The molecule has 0 atom stereocenters. The van der Waals surface area contributed by atoms with Crippen molar-refractivity contribution in [1.29, 1.82) is 0 Å². The molecule has 350 valence electrons. The summed E-state index contributed by atoms with van der Waals surface area (Å²) >= 11 is 0. The number of nitrogens with zero attached hydrogens (tertiary/aromatic N) is 3. The summed E-state index contributed by atoms with van der Waals surface area (Å²) in [5.74, 6) is 0.555. The van der Waals surface area contributed by atoms with E-state index in [-0.39, 0.29) is 49.8 Å². The number of phenols is 1. The fourth-order valence-corrected chi connectivity index (χ4v) is 9.16. The summed E-state index contributed by atoms with van der Waals surface area (Å²) in [6.07, 6.45) is 1.63. The number of fused-ring (bicyclic) bond motifs is 1. The van der Waals surface area contributed by atoms with E-state index in [1.807, 2.05) is 158 Å². The molecule has 10 rings (SSSR count).